The number of thiocarbonyl (C=S) groups is 1. The smallest absolute Gasteiger partial charge is 0.265 e. The molecule has 1 aromatic carbocycles. The summed E-state index contributed by atoms with van der Waals surface area (Å²) in [5.74, 6) is -0.771. The number of benzene rings is 1. The molecule has 26 heavy (non-hydrogen) atoms. The summed E-state index contributed by atoms with van der Waals surface area (Å²) in [6.07, 6.45) is 5.44. The molecule has 2 amide bonds. The van der Waals surface area contributed by atoms with Gasteiger partial charge in [0.1, 0.15) is 5.57 Å². The third kappa shape index (κ3) is 3.17. The van der Waals surface area contributed by atoms with Gasteiger partial charge < -0.3 is 4.57 Å². The number of fused-ring (bicyclic) bond motifs is 1. The van der Waals surface area contributed by atoms with E-state index in [1.807, 2.05) is 38.2 Å². The molecule has 6 heteroatoms. The van der Waals surface area contributed by atoms with Gasteiger partial charge in [-0.15, -0.1) is 0 Å². The SMILES string of the molecule is CCCn1cc(/C=C2\C(=O)NC(=S)N([C@@H](C)CC)C2=O)c2ccccc21. The maximum absolute atomic E-state index is 12.9. The third-order valence-corrected chi connectivity index (χ3v) is 5.05. The van der Waals surface area contributed by atoms with Crippen molar-refractivity contribution in [2.24, 2.45) is 0 Å². The zero-order chi connectivity index (χ0) is 18.8. The molecular formula is C20H23N3O2S. The van der Waals surface area contributed by atoms with Gasteiger partial charge in [-0.05, 0) is 44.1 Å². The van der Waals surface area contributed by atoms with Crippen LogP contribution in [0.15, 0.2) is 36.0 Å². The first-order chi connectivity index (χ1) is 12.5. The van der Waals surface area contributed by atoms with Gasteiger partial charge in [0.05, 0.1) is 0 Å². The summed E-state index contributed by atoms with van der Waals surface area (Å²) in [5.41, 5.74) is 2.09. The van der Waals surface area contributed by atoms with Crippen molar-refractivity contribution in [2.45, 2.75) is 46.2 Å². The lowest BCUT2D eigenvalue weighted by atomic mass is 10.1. The monoisotopic (exact) mass is 369 g/mol. The van der Waals surface area contributed by atoms with Gasteiger partial charge in [0.2, 0.25) is 0 Å². The largest absolute Gasteiger partial charge is 0.347 e. The molecule has 0 radical (unpaired) electrons. The number of aryl methyl sites for hydroxylation is 1. The first-order valence-corrected chi connectivity index (χ1v) is 9.37. The topological polar surface area (TPSA) is 54.3 Å². The molecule has 2 aromatic rings. The molecule has 5 nitrogen and oxygen atoms in total. The van der Waals surface area contributed by atoms with Crippen LogP contribution in [-0.4, -0.2) is 32.4 Å². The normalized spacial score (nSPS) is 17.9. The average Bonchev–Trinajstić information content (AvgIpc) is 2.96. The minimum Gasteiger partial charge on any atom is -0.347 e. The molecule has 1 atom stereocenters. The second kappa shape index (κ2) is 7.41. The van der Waals surface area contributed by atoms with Crippen molar-refractivity contribution < 1.29 is 9.59 Å². The predicted molar refractivity (Wildman–Crippen MR) is 108 cm³/mol. The summed E-state index contributed by atoms with van der Waals surface area (Å²) in [4.78, 5) is 26.8. The van der Waals surface area contributed by atoms with Crippen LogP contribution in [-0.2, 0) is 16.1 Å². The van der Waals surface area contributed by atoms with Gasteiger partial charge in [-0.25, -0.2) is 0 Å². The van der Waals surface area contributed by atoms with Gasteiger partial charge in [-0.3, -0.25) is 19.8 Å². The minimum atomic E-state index is -0.438. The molecule has 1 aromatic heterocycles. The molecule has 0 spiro atoms. The van der Waals surface area contributed by atoms with Crippen LogP contribution in [0.25, 0.3) is 17.0 Å². The fourth-order valence-electron chi connectivity index (χ4n) is 3.23. The van der Waals surface area contributed by atoms with E-state index in [0.717, 1.165) is 35.9 Å². The fraction of sp³-hybridized carbons (Fsp3) is 0.350. The van der Waals surface area contributed by atoms with Crippen molar-refractivity contribution in [3.63, 3.8) is 0 Å². The van der Waals surface area contributed by atoms with Crippen molar-refractivity contribution in [2.75, 3.05) is 0 Å². The highest BCUT2D eigenvalue weighted by atomic mass is 32.1. The molecule has 0 aliphatic carbocycles. The highest BCUT2D eigenvalue weighted by molar-refractivity contribution is 7.80. The summed E-state index contributed by atoms with van der Waals surface area (Å²) < 4.78 is 2.16. The number of amides is 2. The summed E-state index contributed by atoms with van der Waals surface area (Å²) >= 11 is 5.20. The van der Waals surface area contributed by atoms with E-state index in [2.05, 4.69) is 22.9 Å². The van der Waals surface area contributed by atoms with E-state index in [1.165, 1.54) is 4.90 Å². The Morgan fingerprint density at radius 1 is 1.23 bits per heavy atom. The van der Waals surface area contributed by atoms with Gasteiger partial charge in [-0.1, -0.05) is 32.0 Å². The van der Waals surface area contributed by atoms with Gasteiger partial charge in [0.15, 0.2) is 5.11 Å². The molecule has 0 unspecified atom stereocenters. The fourth-order valence-corrected chi connectivity index (χ4v) is 3.58. The lowest BCUT2D eigenvalue weighted by Crippen LogP contribution is -2.56. The van der Waals surface area contributed by atoms with Crippen LogP contribution in [0.3, 0.4) is 0 Å². The van der Waals surface area contributed by atoms with Crippen LogP contribution in [0.4, 0.5) is 0 Å². The van der Waals surface area contributed by atoms with Crippen LogP contribution in [0.5, 0.6) is 0 Å². The maximum atomic E-state index is 12.9. The molecule has 136 valence electrons. The van der Waals surface area contributed by atoms with Gasteiger partial charge >= 0.3 is 0 Å². The molecule has 1 aliphatic heterocycles. The zero-order valence-corrected chi connectivity index (χ0v) is 16.1. The van der Waals surface area contributed by atoms with Crippen molar-refractivity contribution in [1.82, 2.24) is 14.8 Å². The quantitative estimate of drug-likeness (QED) is 0.499. The van der Waals surface area contributed by atoms with E-state index in [0.29, 0.717) is 0 Å². The molecule has 1 fully saturated rings. The molecule has 1 N–H and O–H groups in total. The number of para-hydroxylation sites is 1. The van der Waals surface area contributed by atoms with Crippen molar-refractivity contribution in [3.05, 3.63) is 41.6 Å². The molecule has 2 heterocycles. The number of hydrogen-bond acceptors (Lipinski definition) is 3. The van der Waals surface area contributed by atoms with Crippen LogP contribution in [0.2, 0.25) is 0 Å². The number of carbonyl (C=O) groups excluding carboxylic acids is 2. The zero-order valence-electron chi connectivity index (χ0n) is 15.3. The first kappa shape index (κ1) is 18.3. The van der Waals surface area contributed by atoms with Crippen LogP contribution >= 0.6 is 12.2 Å². The Hall–Kier alpha value is -2.47. The molecule has 0 bridgehead atoms. The molecule has 3 rings (SSSR count). The van der Waals surface area contributed by atoms with Crippen LogP contribution in [0.1, 0.15) is 39.2 Å². The molecule has 1 saturated heterocycles. The second-order valence-corrected chi connectivity index (χ2v) is 6.93. The molecular weight excluding hydrogens is 346 g/mol. The first-order valence-electron chi connectivity index (χ1n) is 8.96. The van der Waals surface area contributed by atoms with E-state index in [4.69, 9.17) is 12.2 Å². The van der Waals surface area contributed by atoms with Crippen LogP contribution in [0, 0.1) is 0 Å². The summed E-state index contributed by atoms with van der Waals surface area (Å²) in [7, 11) is 0. The van der Waals surface area contributed by atoms with E-state index < -0.39 is 5.91 Å². The Balaban J connectivity index is 2.08. The lowest BCUT2D eigenvalue weighted by Gasteiger charge is -2.33. The average molecular weight is 369 g/mol. The van der Waals surface area contributed by atoms with Crippen molar-refractivity contribution in [1.29, 1.82) is 0 Å². The Kier molecular flexibility index (Phi) is 5.23. The predicted octanol–water partition coefficient (Wildman–Crippen LogP) is 3.48. The van der Waals surface area contributed by atoms with Crippen LogP contribution < -0.4 is 5.32 Å². The maximum Gasteiger partial charge on any atom is 0.265 e. The Bertz CT molecular complexity index is 913. The Morgan fingerprint density at radius 2 is 1.96 bits per heavy atom. The number of nitrogens with one attached hydrogen (secondary N) is 1. The van der Waals surface area contributed by atoms with E-state index in [1.54, 1.807) is 6.08 Å². The standard InChI is InChI=1S/C20H23N3O2S/c1-4-10-22-12-14(15-8-6-7-9-17(15)22)11-16-18(24)21-20(26)23(19(16)25)13(3)5-2/h6-9,11-13H,4-5,10H2,1-3H3,(H,21,24,26)/b16-11+/t13-/m0/s1. The molecule has 0 saturated carbocycles. The lowest BCUT2D eigenvalue weighted by molar-refractivity contribution is -0.130. The van der Waals surface area contributed by atoms with Crippen molar-refractivity contribution >= 4 is 46.1 Å². The highest BCUT2D eigenvalue weighted by Crippen LogP contribution is 2.25. The second-order valence-electron chi connectivity index (χ2n) is 6.54. The third-order valence-electron chi connectivity index (χ3n) is 4.75. The highest BCUT2D eigenvalue weighted by Gasteiger charge is 2.35. The van der Waals surface area contributed by atoms with Gasteiger partial charge in [0.25, 0.3) is 11.8 Å². The number of aromatic nitrogens is 1. The minimum absolute atomic E-state index is 0.0690. The summed E-state index contributed by atoms with van der Waals surface area (Å²) in [5, 5.41) is 3.85. The number of nitrogens with zero attached hydrogens (tertiary/aromatic N) is 2. The van der Waals surface area contributed by atoms with E-state index in [-0.39, 0.29) is 22.6 Å². The van der Waals surface area contributed by atoms with E-state index >= 15 is 0 Å². The Labute approximate surface area is 158 Å². The van der Waals surface area contributed by atoms with Gasteiger partial charge in [-0.2, -0.15) is 0 Å². The number of carbonyl (C=O) groups is 2. The number of rotatable bonds is 5. The van der Waals surface area contributed by atoms with Crippen molar-refractivity contribution in [3.8, 4) is 0 Å². The summed E-state index contributed by atoms with van der Waals surface area (Å²) in [6.45, 7) is 6.91. The molecule has 1 aliphatic rings. The summed E-state index contributed by atoms with van der Waals surface area (Å²) in [6, 6.07) is 7.95. The van der Waals surface area contributed by atoms with Gasteiger partial charge in [0, 0.05) is 35.2 Å². The van der Waals surface area contributed by atoms with E-state index in [9.17, 15) is 9.59 Å². The number of hydrogen-bond donors (Lipinski definition) is 1. The Morgan fingerprint density at radius 3 is 2.65 bits per heavy atom.